The van der Waals surface area contributed by atoms with Gasteiger partial charge in [0, 0.05) is 6.20 Å². The maximum absolute atomic E-state index is 11.5. The van der Waals surface area contributed by atoms with E-state index in [4.69, 9.17) is 4.74 Å². The fourth-order valence-corrected chi connectivity index (χ4v) is 0.972. The van der Waals surface area contributed by atoms with Gasteiger partial charge in [-0.25, -0.2) is 14.3 Å². The third kappa shape index (κ3) is 3.72. The van der Waals surface area contributed by atoms with E-state index in [1.54, 1.807) is 20.8 Å². The second kappa shape index (κ2) is 4.78. The lowest BCUT2D eigenvalue weighted by Crippen LogP contribution is -2.26. The molecule has 0 spiro atoms. The molecule has 0 saturated heterocycles. The van der Waals surface area contributed by atoms with Gasteiger partial charge in [0.15, 0.2) is 0 Å². The maximum Gasteiger partial charge on any atom is 0.419 e. The minimum Gasteiger partial charge on any atom is -0.461 e. The quantitative estimate of drug-likeness (QED) is 0.727. The summed E-state index contributed by atoms with van der Waals surface area (Å²) in [5.74, 6) is 0. The Hall–Kier alpha value is -1.85. The first kappa shape index (κ1) is 12.2. The largest absolute Gasteiger partial charge is 0.461 e. The average molecular weight is 226 g/mol. The van der Waals surface area contributed by atoms with Gasteiger partial charge >= 0.3 is 6.09 Å². The summed E-state index contributed by atoms with van der Waals surface area (Å²) in [6, 6.07) is 0. The molecule has 1 rings (SSSR count). The number of hydrogen-bond donors (Lipinski definition) is 0. The zero-order valence-corrected chi connectivity index (χ0v) is 9.47. The van der Waals surface area contributed by atoms with E-state index in [2.05, 4.69) is 9.72 Å². The van der Waals surface area contributed by atoms with Crippen LogP contribution in [0.5, 0.6) is 0 Å². The number of nitrogens with zero attached hydrogens (tertiary/aromatic N) is 2. The van der Waals surface area contributed by atoms with E-state index in [-0.39, 0.29) is 6.61 Å². The van der Waals surface area contributed by atoms with E-state index >= 15 is 0 Å². The van der Waals surface area contributed by atoms with Crippen LogP contribution in [-0.4, -0.2) is 27.7 Å². The van der Waals surface area contributed by atoms with E-state index in [0.29, 0.717) is 12.2 Å². The average Bonchev–Trinajstić information content (AvgIpc) is 2.60. The molecule has 0 bridgehead atoms. The van der Waals surface area contributed by atoms with E-state index in [9.17, 15) is 9.59 Å². The fourth-order valence-electron chi connectivity index (χ4n) is 0.972. The molecular formula is C10H14N2O4. The van der Waals surface area contributed by atoms with E-state index in [1.807, 2.05) is 0 Å². The van der Waals surface area contributed by atoms with Crippen molar-refractivity contribution in [1.82, 2.24) is 9.55 Å². The first-order chi connectivity index (χ1) is 7.42. The molecule has 1 aromatic rings. The van der Waals surface area contributed by atoms with Gasteiger partial charge in [0.05, 0.1) is 5.69 Å². The Morgan fingerprint density at radius 3 is 2.81 bits per heavy atom. The van der Waals surface area contributed by atoms with Crippen molar-refractivity contribution in [1.29, 1.82) is 0 Å². The Morgan fingerprint density at radius 1 is 1.56 bits per heavy atom. The molecule has 0 amide bonds. The van der Waals surface area contributed by atoms with Crippen LogP contribution < -0.4 is 0 Å². The molecule has 0 saturated carbocycles. The molecule has 0 N–H and O–H groups in total. The molecule has 0 unspecified atom stereocenters. The van der Waals surface area contributed by atoms with Crippen LogP contribution in [0.3, 0.4) is 0 Å². The molecule has 16 heavy (non-hydrogen) atoms. The topological polar surface area (TPSA) is 70.4 Å². The van der Waals surface area contributed by atoms with Crippen molar-refractivity contribution in [3.63, 3.8) is 0 Å². The lowest BCUT2D eigenvalue weighted by Gasteiger charge is -2.18. The predicted molar refractivity (Wildman–Crippen MR) is 54.7 cm³/mol. The maximum atomic E-state index is 11.5. The highest BCUT2D eigenvalue weighted by molar-refractivity contribution is 5.70. The summed E-state index contributed by atoms with van der Waals surface area (Å²) < 4.78 is 10.8. The number of imidazole rings is 1. The second-order valence-corrected chi connectivity index (χ2v) is 4.16. The Labute approximate surface area is 93.2 Å². The Morgan fingerprint density at radius 2 is 2.25 bits per heavy atom. The fraction of sp³-hybridized carbons (Fsp3) is 0.500. The van der Waals surface area contributed by atoms with Crippen molar-refractivity contribution in [3.8, 4) is 0 Å². The van der Waals surface area contributed by atoms with Crippen LogP contribution in [0.1, 0.15) is 26.5 Å². The predicted octanol–water partition coefficient (Wildman–Crippen LogP) is 1.34. The van der Waals surface area contributed by atoms with Crippen molar-refractivity contribution >= 4 is 12.6 Å². The monoisotopic (exact) mass is 226 g/mol. The van der Waals surface area contributed by atoms with Gasteiger partial charge in [0.1, 0.15) is 18.5 Å². The number of carbonyl (C=O) groups is 2. The molecule has 0 aromatic carbocycles. The third-order valence-electron chi connectivity index (χ3n) is 1.54. The van der Waals surface area contributed by atoms with Gasteiger partial charge in [-0.05, 0) is 20.8 Å². The molecule has 0 aliphatic rings. The van der Waals surface area contributed by atoms with Crippen LogP contribution in [-0.2, 0) is 20.9 Å². The summed E-state index contributed by atoms with van der Waals surface area (Å²) in [5, 5.41) is 0. The molecule has 88 valence electrons. The Bertz CT molecular complexity index is 378. The van der Waals surface area contributed by atoms with Crippen molar-refractivity contribution in [2.45, 2.75) is 33.0 Å². The smallest absolute Gasteiger partial charge is 0.419 e. The molecule has 0 fully saturated rings. The molecule has 1 aromatic heterocycles. The molecule has 6 nitrogen and oxygen atoms in total. The molecule has 0 aliphatic carbocycles. The molecule has 1 heterocycles. The number of hydrogen-bond acceptors (Lipinski definition) is 5. The molecule has 6 heteroatoms. The van der Waals surface area contributed by atoms with Crippen LogP contribution in [0.25, 0.3) is 0 Å². The van der Waals surface area contributed by atoms with Crippen LogP contribution in [0.4, 0.5) is 4.79 Å². The lowest BCUT2D eigenvalue weighted by atomic mass is 10.2. The number of carbonyl (C=O) groups excluding carboxylic acids is 2. The highest BCUT2D eigenvalue weighted by Gasteiger charge is 2.17. The zero-order valence-electron chi connectivity index (χ0n) is 9.47. The zero-order chi connectivity index (χ0) is 12.2. The van der Waals surface area contributed by atoms with Crippen molar-refractivity contribution in [2.24, 2.45) is 0 Å². The third-order valence-corrected chi connectivity index (χ3v) is 1.54. The standard InChI is InChI=1S/C10H14N2O4/c1-10(2,3)16-9(14)12-4-8(11-6-12)5-15-7-13/h4,6-7H,5H2,1-3H3. The SMILES string of the molecule is CC(C)(C)OC(=O)n1cnc(COC=O)c1. The van der Waals surface area contributed by atoms with Gasteiger partial charge in [-0.1, -0.05) is 0 Å². The van der Waals surface area contributed by atoms with Gasteiger partial charge in [-0.15, -0.1) is 0 Å². The van der Waals surface area contributed by atoms with Crippen LogP contribution in [0.15, 0.2) is 12.5 Å². The molecular weight excluding hydrogens is 212 g/mol. The summed E-state index contributed by atoms with van der Waals surface area (Å²) in [7, 11) is 0. The van der Waals surface area contributed by atoms with Crippen LogP contribution >= 0.6 is 0 Å². The number of ether oxygens (including phenoxy) is 2. The van der Waals surface area contributed by atoms with Crippen LogP contribution in [0.2, 0.25) is 0 Å². The summed E-state index contributed by atoms with van der Waals surface area (Å²) in [4.78, 5) is 25.4. The van der Waals surface area contributed by atoms with Crippen molar-refractivity contribution in [3.05, 3.63) is 18.2 Å². The van der Waals surface area contributed by atoms with Gasteiger partial charge in [-0.3, -0.25) is 4.79 Å². The van der Waals surface area contributed by atoms with Gasteiger partial charge in [0.25, 0.3) is 6.47 Å². The van der Waals surface area contributed by atoms with E-state index in [0.717, 1.165) is 0 Å². The Kier molecular flexibility index (Phi) is 3.65. The second-order valence-electron chi connectivity index (χ2n) is 4.16. The Balaban J connectivity index is 2.63. The highest BCUT2D eigenvalue weighted by Crippen LogP contribution is 2.09. The number of aromatic nitrogens is 2. The lowest BCUT2D eigenvalue weighted by molar-refractivity contribution is -0.129. The minimum atomic E-state index is -0.555. The summed E-state index contributed by atoms with van der Waals surface area (Å²) in [6.45, 7) is 5.69. The minimum absolute atomic E-state index is 0.0410. The molecule has 0 atom stereocenters. The first-order valence-electron chi connectivity index (χ1n) is 4.74. The summed E-state index contributed by atoms with van der Waals surface area (Å²) in [5.41, 5.74) is -0.0705. The molecule has 0 radical (unpaired) electrons. The summed E-state index contributed by atoms with van der Waals surface area (Å²) in [6.07, 6.45) is 2.26. The van der Waals surface area contributed by atoms with Crippen molar-refractivity contribution < 1.29 is 19.1 Å². The van der Waals surface area contributed by atoms with Gasteiger partial charge in [-0.2, -0.15) is 0 Å². The normalized spacial score (nSPS) is 10.9. The van der Waals surface area contributed by atoms with E-state index in [1.165, 1.54) is 17.1 Å². The summed E-state index contributed by atoms with van der Waals surface area (Å²) >= 11 is 0. The van der Waals surface area contributed by atoms with E-state index < -0.39 is 11.7 Å². The first-order valence-corrected chi connectivity index (χ1v) is 4.74. The van der Waals surface area contributed by atoms with Gasteiger partial charge < -0.3 is 9.47 Å². The van der Waals surface area contributed by atoms with Crippen molar-refractivity contribution in [2.75, 3.05) is 0 Å². The highest BCUT2D eigenvalue weighted by atomic mass is 16.6. The van der Waals surface area contributed by atoms with Gasteiger partial charge in [0.2, 0.25) is 0 Å². The number of rotatable bonds is 3. The molecule has 0 aliphatic heterocycles. The van der Waals surface area contributed by atoms with Crippen LogP contribution in [0, 0.1) is 0 Å².